The average Bonchev–Trinajstić information content (AvgIpc) is 2.65. The number of alkyl halides is 5. The highest BCUT2D eigenvalue weighted by atomic mass is 19.4. The first-order valence-electron chi connectivity index (χ1n) is 9.49. The number of anilines is 3. The van der Waals surface area contributed by atoms with Crippen molar-refractivity contribution in [2.45, 2.75) is 31.9 Å². The maximum absolute atomic E-state index is 13.5. The van der Waals surface area contributed by atoms with Crippen molar-refractivity contribution in [2.75, 3.05) is 41.7 Å². The van der Waals surface area contributed by atoms with Crippen molar-refractivity contribution >= 4 is 17.7 Å². The predicted molar refractivity (Wildman–Crippen MR) is 100 cm³/mol. The van der Waals surface area contributed by atoms with E-state index >= 15 is 0 Å². The lowest BCUT2D eigenvalue weighted by Crippen LogP contribution is -2.56. The summed E-state index contributed by atoms with van der Waals surface area (Å²) in [6, 6.07) is 1.26. The van der Waals surface area contributed by atoms with Crippen LogP contribution in [0.1, 0.15) is 25.5 Å². The van der Waals surface area contributed by atoms with Crippen molar-refractivity contribution in [1.82, 2.24) is 19.9 Å². The Bertz CT molecular complexity index is 933. The maximum atomic E-state index is 13.5. The van der Waals surface area contributed by atoms with Gasteiger partial charge >= 0.3 is 6.18 Å². The lowest BCUT2D eigenvalue weighted by molar-refractivity contribution is -0.140. The van der Waals surface area contributed by atoms with Crippen molar-refractivity contribution in [1.29, 1.82) is 0 Å². The fourth-order valence-corrected chi connectivity index (χ4v) is 3.55. The molecule has 2 aliphatic rings. The molecule has 0 atom stereocenters. The first-order chi connectivity index (χ1) is 14.0. The van der Waals surface area contributed by atoms with Gasteiger partial charge in [0.05, 0.1) is 18.8 Å². The monoisotopic (exact) mass is 429 g/mol. The Morgan fingerprint density at radius 2 is 1.73 bits per heavy atom. The summed E-state index contributed by atoms with van der Waals surface area (Å²) in [5.41, 5.74) is 3.65. The van der Waals surface area contributed by atoms with Crippen LogP contribution in [0.2, 0.25) is 0 Å². The molecule has 12 heteroatoms. The number of nitrogen functional groups attached to an aromatic ring is 1. The van der Waals surface area contributed by atoms with Gasteiger partial charge in [0, 0.05) is 30.9 Å². The van der Waals surface area contributed by atoms with Gasteiger partial charge in [-0.1, -0.05) is 6.92 Å². The second-order valence-corrected chi connectivity index (χ2v) is 7.78. The van der Waals surface area contributed by atoms with E-state index in [-0.39, 0.29) is 23.0 Å². The molecule has 0 radical (unpaired) electrons. The summed E-state index contributed by atoms with van der Waals surface area (Å²) in [7, 11) is 0. The number of nitrogens with two attached hydrogens (primary N) is 1. The molecule has 0 bridgehead atoms. The molecule has 4 heterocycles. The van der Waals surface area contributed by atoms with Gasteiger partial charge in [-0.15, -0.1) is 0 Å². The van der Waals surface area contributed by atoms with Crippen molar-refractivity contribution in [3.8, 4) is 11.3 Å². The van der Waals surface area contributed by atoms with E-state index in [4.69, 9.17) is 5.73 Å². The lowest BCUT2D eigenvalue weighted by Gasteiger charge is -2.40. The van der Waals surface area contributed by atoms with Gasteiger partial charge in [-0.2, -0.15) is 18.2 Å². The van der Waals surface area contributed by atoms with Crippen LogP contribution in [0.5, 0.6) is 0 Å². The van der Waals surface area contributed by atoms with Crippen LogP contribution in [0.4, 0.5) is 39.7 Å². The van der Waals surface area contributed by atoms with E-state index in [0.29, 0.717) is 19.0 Å². The molecule has 2 aromatic heterocycles. The van der Waals surface area contributed by atoms with E-state index in [9.17, 15) is 22.0 Å². The summed E-state index contributed by atoms with van der Waals surface area (Å²) in [6.07, 6.45) is -2.08. The average molecular weight is 429 g/mol. The Balaban J connectivity index is 1.79. The van der Waals surface area contributed by atoms with Crippen LogP contribution < -0.4 is 15.5 Å². The second-order valence-electron chi connectivity index (χ2n) is 7.78. The van der Waals surface area contributed by atoms with Gasteiger partial charge in [-0.05, 0) is 18.8 Å². The van der Waals surface area contributed by atoms with Gasteiger partial charge in [0.15, 0.2) is 5.69 Å². The molecule has 0 spiro atoms. The molecule has 2 saturated heterocycles. The molecule has 162 valence electrons. The van der Waals surface area contributed by atoms with Crippen molar-refractivity contribution in [2.24, 2.45) is 5.92 Å². The third kappa shape index (κ3) is 4.08. The number of nitrogens with zero attached hydrogens (tertiary/aromatic N) is 6. The standard InChI is InChI=1S/C18H20F5N7/c1-10-2-4-29(5-3-10)16-26-12(6-13(27-16)30-8-17(19,20)9-30)11-7-25-15(24)28-14(11)18(21,22)23/h6-7,10H,2-5,8-9H2,1H3,(H2,24,25,28). The highest BCUT2D eigenvalue weighted by molar-refractivity contribution is 5.68. The Kier molecular flexibility index (Phi) is 4.89. The third-order valence-corrected chi connectivity index (χ3v) is 5.29. The summed E-state index contributed by atoms with van der Waals surface area (Å²) < 4.78 is 67.4. The number of aromatic nitrogens is 4. The summed E-state index contributed by atoms with van der Waals surface area (Å²) in [4.78, 5) is 18.9. The van der Waals surface area contributed by atoms with Gasteiger partial charge in [0.25, 0.3) is 5.92 Å². The van der Waals surface area contributed by atoms with E-state index in [1.54, 1.807) is 0 Å². The Labute approximate surface area is 169 Å². The molecule has 0 unspecified atom stereocenters. The van der Waals surface area contributed by atoms with Crippen LogP contribution in [0.15, 0.2) is 12.3 Å². The molecule has 2 aromatic rings. The largest absolute Gasteiger partial charge is 0.434 e. The summed E-state index contributed by atoms with van der Waals surface area (Å²) >= 11 is 0. The van der Waals surface area contributed by atoms with Crippen LogP contribution in [0, 0.1) is 5.92 Å². The first kappa shape index (κ1) is 20.5. The fraction of sp³-hybridized carbons (Fsp3) is 0.556. The van der Waals surface area contributed by atoms with E-state index in [2.05, 4.69) is 26.9 Å². The molecule has 0 amide bonds. The Morgan fingerprint density at radius 1 is 1.07 bits per heavy atom. The van der Waals surface area contributed by atoms with Gasteiger partial charge in [-0.3, -0.25) is 0 Å². The molecule has 0 aromatic carbocycles. The number of halogens is 5. The van der Waals surface area contributed by atoms with E-state index < -0.39 is 36.8 Å². The smallest absolute Gasteiger partial charge is 0.368 e. The van der Waals surface area contributed by atoms with Crippen LogP contribution in [-0.4, -0.2) is 52.0 Å². The molecule has 2 N–H and O–H groups in total. The van der Waals surface area contributed by atoms with Crippen LogP contribution >= 0.6 is 0 Å². The maximum Gasteiger partial charge on any atom is 0.434 e. The summed E-state index contributed by atoms with van der Waals surface area (Å²) in [5.74, 6) is -2.51. The van der Waals surface area contributed by atoms with Gasteiger partial charge in [0.2, 0.25) is 11.9 Å². The number of hydrogen-bond donors (Lipinski definition) is 1. The minimum absolute atomic E-state index is 0.0869. The van der Waals surface area contributed by atoms with Gasteiger partial charge < -0.3 is 15.5 Å². The highest BCUT2D eigenvalue weighted by Crippen LogP contribution is 2.38. The summed E-state index contributed by atoms with van der Waals surface area (Å²) in [5, 5.41) is 0. The highest BCUT2D eigenvalue weighted by Gasteiger charge is 2.45. The summed E-state index contributed by atoms with van der Waals surface area (Å²) in [6.45, 7) is 2.27. The lowest BCUT2D eigenvalue weighted by atomic mass is 10.00. The Morgan fingerprint density at radius 3 is 2.33 bits per heavy atom. The van der Waals surface area contributed by atoms with Crippen LogP contribution in [0.25, 0.3) is 11.3 Å². The molecular weight excluding hydrogens is 409 g/mol. The quantitative estimate of drug-likeness (QED) is 0.750. The number of rotatable bonds is 3. The fourth-order valence-electron chi connectivity index (χ4n) is 3.55. The van der Waals surface area contributed by atoms with Crippen LogP contribution in [-0.2, 0) is 6.18 Å². The molecule has 2 fully saturated rings. The molecule has 0 aliphatic carbocycles. The molecule has 7 nitrogen and oxygen atoms in total. The van der Waals surface area contributed by atoms with Crippen molar-refractivity contribution in [3.63, 3.8) is 0 Å². The van der Waals surface area contributed by atoms with E-state index in [1.165, 1.54) is 11.0 Å². The molecule has 0 saturated carbocycles. The first-order valence-corrected chi connectivity index (χ1v) is 9.49. The van der Waals surface area contributed by atoms with Crippen molar-refractivity contribution in [3.05, 3.63) is 18.0 Å². The Hall–Kier alpha value is -2.79. The van der Waals surface area contributed by atoms with Crippen LogP contribution in [0.3, 0.4) is 0 Å². The van der Waals surface area contributed by atoms with E-state index in [1.807, 2.05) is 4.90 Å². The van der Waals surface area contributed by atoms with Gasteiger partial charge in [0.1, 0.15) is 5.82 Å². The molecule has 4 rings (SSSR count). The van der Waals surface area contributed by atoms with Crippen molar-refractivity contribution < 1.29 is 22.0 Å². The third-order valence-electron chi connectivity index (χ3n) is 5.29. The number of hydrogen-bond acceptors (Lipinski definition) is 7. The molecule has 2 aliphatic heterocycles. The SMILES string of the molecule is CC1CCN(c2nc(-c3cnc(N)nc3C(F)(F)F)cc(N3CC(F)(F)C3)n2)CC1. The second kappa shape index (κ2) is 7.17. The number of piperidine rings is 1. The zero-order valence-electron chi connectivity index (χ0n) is 16.1. The minimum Gasteiger partial charge on any atom is -0.368 e. The predicted octanol–water partition coefficient (Wildman–Crippen LogP) is 3.23. The normalized spacial score (nSPS) is 19.7. The van der Waals surface area contributed by atoms with E-state index in [0.717, 1.165) is 19.0 Å². The molecule has 30 heavy (non-hydrogen) atoms. The van der Waals surface area contributed by atoms with Gasteiger partial charge in [-0.25, -0.2) is 23.7 Å². The zero-order valence-corrected chi connectivity index (χ0v) is 16.1. The topological polar surface area (TPSA) is 84.1 Å². The zero-order chi connectivity index (χ0) is 21.7. The minimum atomic E-state index is -4.79. The molecular formula is C18H20F5N7.